The molecule has 0 aliphatic carbocycles. The Bertz CT molecular complexity index is 879. The standard InChI is InChI=1S/C17H19N5O3/c1-11-9-14(12(2)25-11)16(23)20-21-17(24)18-7-6-13-10-22-8-4-3-5-15(22)19-13/h3-5,8-10H,6-7H2,1-2H3,(H,20,23)(H2,18,21,24). The van der Waals surface area contributed by atoms with E-state index in [0.29, 0.717) is 30.0 Å². The maximum atomic E-state index is 12.0. The zero-order valence-electron chi connectivity index (χ0n) is 14.0. The van der Waals surface area contributed by atoms with Crippen LogP contribution in [0.15, 0.2) is 41.1 Å². The number of furan rings is 1. The van der Waals surface area contributed by atoms with Crippen LogP contribution in [0.5, 0.6) is 0 Å². The van der Waals surface area contributed by atoms with Crippen LogP contribution in [-0.2, 0) is 6.42 Å². The summed E-state index contributed by atoms with van der Waals surface area (Å²) in [6, 6.07) is 6.89. The van der Waals surface area contributed by atoms with Crippen molar-refractivity contribution in [1.82, 2.24) is 25.6 Å². The summed E-state index contributed by atoms with van der Waals surface area (Å²) in [5.41, 5.74) is 6.78. The minimum absolute atomic E-state index is 0.391. The van der Waals surface area contributed by atoms with Gasteiger partial charge >= 0.3 is 6.03 Å². The van der Waals surface area contributed by atoms with Crippen LogP contribution in [0.3, 0.4) is 0 Å². The quantitative estimate of drug-likeness (QED) is 0.629. The molecule has 0 saturated heterocycles. The number of hydrazine groups is 1. The molecule has 0 bridgehead atoms. The molecule has 0 saturated carbocycles. The second kappa shape index (κ2) is 7.08. The van der Waals surface area contributed by atoms with Gasteiger partial charge in [0.25, 0.3) is 5.91 Å². The summed E-state index contributed by atoms with van der Waals surface area (Å²) in [7, 11) is 0. The van der Waals surface area contributed by atoms with E-state index < -0.39 is 11.9 Å². The number of carbonyl (C=O) groups excluding carboxylic acids is 2. The topological polar surface area (TPSA) is 101 Å². The highest BCUT2D eigenvalue weighted by Crippen LogP contribution is 2.12. The van der Waals surface area contributed by atoms with Gasteiger partial charge < -0.3 is 14.1 Å². The van der Waals surface area contributed by atoms with Crippen LogP contribution in [-0.4, -0.2) is 27.9 Å². The predicted octanol–water partition coefficient (Wildman–Crippen LogP) is 1.73. The normalized spacial score (nSPS) is 10.6. The molecule has 130 valence electrons. The van der Waals surface area contributed by atoms with Gasteiger partial charge in [-0.05, 0) is 32.0 Å². The predicted molar refractivity (Wildman–Crippen MR) is 91.1 cm³/mol. The Morgan fingerprint density at radius 1 is 1.24 bits per heavy atom. The number of nitrogens with zero attached hydrogens (tertiary/aromatic N) is 2. The Kier molecular flexibility index (Phi) is 4.69. The van der Waals surface area contributed by atoms with Gasteiger partial charge in [0.2, 0.25) is 0 Å². The summed E-state index contributed by atoms with van der Waals surface area (Å²) >= 11 is 0. The van der Waals surface area contributed by atoms with Gasteiger partial charge in [0.05, 0.1) is 11.3 Å². The molecule has 0 fully saturated rings. The molecule has 0 atom stereocenters. The molecular formula is C17H19N5O3. The Labute approximate surface area is 144 Å². The molecule has 0 aliphatic rings. The van der Waals surface area contributed by atoms with Gasteiger partial charge in [-0.1, -0.05) is 6.07 Å². The zero-order chi connectivity index (χ0) is 17.8. The average Bonchev–Trinajstić information content (AvgIpc) is 3.14. The molecule has 0 aromatic carbocycles. The third-order valence-electron chi connectivity index (χ3n) is 3.66. The second-order valence-electron chi connectivity index (χ2n) is 5.61. The molecule has 8 heteroatoms. The SMILES string of the molecule is Cc1cc(C(=O)NNC(=O)NCCc2cn3ccccc3n2)c(C)o1. The number of nitrogens with one attached hydrogen (secondary N) is 3. The van der Waals surface area contributed by atoms with Crippen molar-refractivity contribution in [2.75, 3.05) is 6.54 Å². The van der Waals surface area contributed by atoms with Crippen molar-refractivity contribution in [3.05, 3.63) is 59.4 Å². The first-order valence-electron chi connectivity index (χ1n) is 7.87. The number of carbonyl (C=O) groups is 2. The lowest BCUT2D eigenvalue weighted by atomic mass is 10.2. The Hall–Kier alpha value is -3.29. The number of fused-ring (bicyclic) bond motifs is 1. The summed E-state index contributed by atoms with van der Waals surface area (Å²) in [6.07, 6.45) is 4.42. The molecule has 0 radical (unpaired) electrons. The second-order valence-corrected chi connectivity index (χ2v) is 5.61. The minimum atomic E-state index is -0.491. The van der Waals surface area contributed by atoms with Crippen LogP contribution in [0.1, 0.15) is 27.6 Å². The maximum absolute atomic E-state index is 12.0. The summed E-state index contributed by atoms with van der Waals surface area (Å²) < 4.78 is 7.20. The summed E-state index contributed by atoms with van der Waals surface area (Å²) in [5, 5.41) is 2.66. The molecule has 0 spiro atoms. The van der Waals surface area contributed by atoms with Gasteiger partial charge in [-0.3, -0.25) is 10.2 Å². The van der Waals surface area contributed by atoms with E-state index >= 15 is 0 Å². The lowest BCUT2D eigenvalue weighted by Crippen LogP contribution is -2.47. The molecule has 3 rings (SSSR count). The van der Waals surface area contributed by atoms with Crippen LogP contribution < -0.4 is 16.2 Å². The number of urea groups is 1. The monoisotopic (exact) mass is 341 g/mol. The number of aromatic nitrogens is 2. The van der Waals surface area contributed by atoms with Crippen LogP contribution in [0.2, 0.25) is 0 Å². The molecule has 3 amide bonds. The molecule has 8 nitrogen and oxygen atoms in total. The van der Waals surface area contributed by atoms with Crippen LogP contribution >= 0.6 is 0 Å². The maximum Gasteiger partial charge on any atom is 0.333 e. The van der Waals surface area contributed by atoms with Crippen LogP contribution in [0, 0.1) is 13.8 Å². The van der Waals surface area contributed by atoms with Crippen molar-refractivity contribution >= 4 is 17.6 Å². The number of hydrogen-bond acceptors (Lipinski definition) is 4. The van der Waals surface area contributed by atoms with Crippen molar-refractivity contribution in [2.45, 2.75) is 20.3 Å². The first-order chi connectivity index (χ1) is 12.0. The number of pyridine rings is 1. The first kappa shape index (κ1) is 16.6. The lowest BCUT2D eigenvalue weighted by molar-refractivity contribution is 0.0934. The number of hydrogen-bond donors (Lipinski definition) is 3. The Morgan fingerprint density at radius 3 is 2.80 bits per heavy atom. The smallest absolute Gasteiger partial charge is 0.333 e. The molecular weight excluding hydrogens is 322 g/mol. The van der Waals surface area contributed by atoms with Gasteiger partial charge in [-0.2, -0.15) is 0 Å². The highest BCUT2D eigenvalue weighted by atomic mass is 16.3. The number of amides is 3. The van der Waals surface area contributed by atoms with Crippen molar-refractivity contribution in [2.24, 2.45) is 0 Å². The van der Waals surface area contributed by atoms with Gasteiger partial charge in [0, 0.05) is 25.4 Å². The van der Waals surface area contributed by atoms with E-state index in [4.69, 9.17) is 4.42 Å². The van der Waals surface area contributed by atoms with E-state index in [1.165, 1.54) is 0 Å². The van der Waals surface area contributed by atoms with E-state index in [1.54, 1.807) is 19.9 Å². The fourth-order valence-corrected chi connectivity index (χ4v) is 2.49. The van der Waals surface area contributed by atoms with E-state index in [0.717, 1.165) is 11.3 Å². The Morgan fingerprint density at radius 2 is 2.08 bits per heavy atom. The number of aryl methyl sites for hydroxylation is 2. The lowest BCUT2D eigenvalue weighted by Gasteiger charge is -2.08. The average molecular weight is 341 g/mol. The van der Waals surface area contributed by atoms with Crippen molar-refractivity contribution in [1.29, 1.82) is 0 Å². The minimum Gasteiger partial charge on any atom is -0.466 e. The number of rotatable bonds is 4. The van der Waals surface area contributed by atoms with E-state index in [2.05, 4.69) is 21.2 Å². The van der Waals surface area contributed by atoms with E-state index in [9.17, 15) is 9.59 Å². The highest BCUT2D eigenvalue weighted by molar-refractivity contribution is 5.96. The fourth-order valence-electron chi connectivity index (χ4n) is 2.49. The molecule has 25 heavy (non-hydrogen) atoms. The molecule has 0 aliphatic heterocycles. The van der Waals surface area contributed by atoms with E-state index in [-0.39, 0.29) is 0 Å². The molecule has 3 aromatic heterocycles. The molecule has 0 unspecified atom stereocenters. The Balaban J connectivity index is 1.43. The summed E-state index contributed by atoms with van der Waals surface area (Å²) in [4.78, 5) is 28.1. The van der Waals surface area contributed by atoms with Gasteiger partial charge in [0.1, 0.15) is 17.2 Å². The largest absolute Gasteiger partial charge is 0.466 e. The van der Waals surface area contributed by atoms with Crippen molar-refractivity contribution in [3.63, 3.8) is 0 Å². The highest BCUT2D eigenvalue weighted by Gasteiger charge is 2.13. The fraction of sp³-hybridized carbons (Fsp3) is 0.235. The van der Waals surface area contributed by atoms with Gasteiger partial charge in [0.15, 0.2) is 0 Å². The zero-order valence-corrected chi connectivity index (χ0v) is 14.0. The van der Waals surface area contributed by atoms with E-state index in [1.807, 2.05) is 35.0 Å². The third-order valence-corrected chi connectivity index (χ3v) is 3.66. The number of imidazole rings is 1. The van der Waals surface area contributed by atoms with Crippen LogP contribution in [0.25, 0.3) is 5.65 Å². The third kappa shape index (κ3) is 3.97. The van der Waals surface area contributed by atoms with Crippen molar-refractivity contribution in [3.8, 4) is 0 Å². The van der Waals surface area contributed by atoms with Gasteiger partial charge in [-0.15, -0.1) is 0 Å². The molecule has 3 heterocycles. The molecule has 3 N–H and O–H groups in total. The summed E-state index contributed by atoms with van der Waals surface area (Å²) in [5.74, 6) is 0.716. The summed E-state index contributed by atoms with van der Waals surface area (Å²) in [6.45, 7) is 3.84. The molecule has 3 aromatic rings. The first-order valence-corrected chi connectivity index (χ1v) is 7.87. The van der Waals surface area contributed by atoms with Gasteiger partial charge in [-0.25, -0.2) is 15.2 Å². The van der Waals surface area contributed by atoms with Crippen LogP contribution in [0.4, 0.5) is 4.79 Å². The van der Waals surface area contributed by atoms with Crippen molar-refractivity contribution < 1.29 is 14.0 Å².